The zero-order chi connectivity index (χ0) is 10.4. The Bertz CT molecular complexity index is 251. The molecule has 0 spiro atoms. The molecule has 1 N–H and O–H groups in total. The van der Waals surface area contributed by atoms with Crippen LogP contribution in [0.15, 0.2) is 29.4 Å². The molecule has 0 amide bonds. The smallest absolute Gasteiger partial charge is 0.0959 e. The number of thioether (sulfide) groups is 1. The Balaban J connectivity index is 2.40. The van der Waals surface area contributed by atoms with E-state index in [-0.39, 0.29) is 6.61 Å². The molecule has 1 aromatic heterocycles. The molecule has 1 unspecified atom stereocenters. The average Bonchev–Trinajstić information content (AvgIpc) is 2.20. The van der Waals surface area contributed by atoms with E-state index in [0.29, 0.717) is 11.8 Å². The average molecular weight is 211 g/mol. The van der Waals surface area contributed by atoms with Gasteiger partial charge < -0.3 is 5.11 Å². The van der Waals surface area contributed by atoms with Crippen molar-refractivity contribution in [1.29, 1.82) is 0 Å². The lowest BCUT2D eigenvalue weighted by molar-refractivity contribution is 0.206. The van der Waals surface area contributed by atoms with Crippen LogP contribution in [0.4, 0.5) is 0 Å². The van der Waals surface area contributed by atoms with Gasteiger partial charge in [0, 0.05) is 18.6 Å². The summed E-state index contributed by atoms with van der Waals surface area (Å²) in [5, 5.41) is 10.2. The van der Waals surface area contributed by atoms with Crippen LogP contribution in [-0.2, 0) is 0 Å². The Kier molecular flexibility index (Phi) is 4.98. The Morgan fingerprint density at radius 1 is 1.43 bits per heavy atom. The SMILES string of the molecule is CC(C)C(CO)CSc1ccccn1. The van der Waals surface area contributed by atoms with E-state index in [2.05, 4.69) is 18.8 Å². The highest BCUT2D eigenvalue weighted by Gasteiger charge is 2.12. The highest BCUT2D eigenvalue weighted by atomic mass is 32.2. The van der Waals surface area contributed by atoms with Gasteiger partial charge in [-0.25, -0.2) is 4.98 Å². The van der Waals surface area contributed by atoms with Crippen LogP contribution >= 0.6 is 11.8 Å². The van der Waals surface area contributed by atoms with Crippen molar-refractivity contribution in [3.8, 4) is 0 Å². The quantitative estimate of drug-likeness (QED) is 0.759. The summed E-state index contributed by atoms with van der Waals surface area (Å²) in [5.41, 5.74) is 0. The number of hydrogen-bond donors (Lipinski definition) is 1. The number of rotatable bonds is 5. The van der Waals surface area contributed by atoms with Gasteiger partial charge in [-0.1, -0.05) is 19.9 Å². The maximum Gasteiger partial charge on any atom is 0.0959 e. The van der Waals surface area contributed by atoms with E-state index in [1.165, 1.54) is 0 Å². The summed E-state index contributed by atoms with van der Waals surface area (Å²) in [5.74, 6) is 1.82. The van der Waals surface area contributed by atoms with Gasteiger partial charge in [-0.05, 0) is 24.0 Å². The Labute approximate surface area is 89.8 Å². The largest absolute Gasteiger partial charge is 0.396 e. The molecule has 14 heavy (non-hydrogen) atoms. The van der Waals surface area contributed by atoms with Crippen LogP contribution < -0.4 is 0 Å². The van der Waals surface area contributed by atoms with E-state index >= 15 is 0 Å². The van der Waals surface area contributed by atoms with Crippen molar-refractivity contribution in [2.45, 2.75) is 18.9 Å². The summed E-state index contributed by atoms with van der Waals surface area (Å²) >= 11 is 1.71. The van der Waals surface area contributed by atoms with Gasteiger partial charge in [0.05, 0.1) is 5.03 Å². The van der Waals surface area contributed by atoms with Crippen LogP contribution in [0.1, 0.15) is 13.8 Å². The monoisotopic (exact) mass is 211 g/mol. The van der Waals surface area contributed by atoms with Gasteiger partial charge in [-0.3, -0.25) is 0 Å². The standard InChI is InChI=1S/C11H17NOS/c1-9(2)10(7-13)8-14-11-5-3-4-6-12-11/h3-6,9-10,13H,7-8H2,1-2H3. The first kappa shape index (κ1) is 11.5. The molecule has 0 saturated carbocycles. The van der Waals surface area contributed by atoms with Crippen molar-refractivity contribution < 1.29 is 5.11 Å². The van der Waals surface area contributed by atoms with Crippen molar-refractivity contribution in [3.05, 3.63) is 24.4 Å². The summed E-state index contributed by atoms with van der Waals surface area (Å²) in [6.45, 7) is 4.54. The maximum atomic E-state index is 9.14. The first-order chi connectivity index (χ1) is 6.74. The van der Waals surface area contributed by atoms with Crippen molar-refractivity contribution in [1.82, 2.24) is 4.98 Å². The number of aliphatic hydroxyl groups is 1. The van der Waals surface area contributed by atoms with Gasteiger partial charge >= 0.3 is 0 Å². The first-order valence-corrected chi connectivity index (χ1v) is 5.87. The van der Waals surface area contributed by atoms with Crippen molar-refractivity contribution >= 4 is 11.8 Å². The molecule has 1 heterocycles. The second-order valence-corrected chi connectivity index (χ2v) is 4.71. The van der Waals surface area contributed by atoms with Crippen LogP contribution in [0, 0.1) is 11.8 Å². The Hall–Kier alpha value is -0.540. The van der Waals surface area contributed by atoms with Gasteiger partial charge in [0.1, 0.15) is 0 Å². The number of pyridine rings is 1. The van der Waals surface area contributed by atoms with Gasteiger partial charge in [0.25, 0.3) is 0 Å². The van der Waals surface area contributed by atoms with Crippen molar-refractivity contribution in [2.75, 3.05) is 12.4 Å². The number of nitrogens with zero attached hydrogens (tertiary/aromatic N) is 1. The fourth-order valence-electron chi connectivity index (χ4n) is 1.08. The van der Waals surface area contributed by atoms with Gasteiger partial charge in [0.15, 0.2) is 0 Å². The Morgan fingerprint density at radius 2 is 2.21 bits per heavy atom. The molecule has 2 nitrogen and oxygen atoms in total. The lowest BCUT2D eigenvalue weighted by Crippen LogP contribution is -2.15. The molecule has 0 aliphatic carbocycles. The third-order valence-corrected chi connectivity index (χ3v) is 3.39. The van der Waals surface area contributed by atoms with Crippen LogP contribution in [0.3, 0.4) is 0 Å². The molecule has 0 aromatic carbocycles. The zero-order valence-corrected chi connectivity index (χ0v) is 9.50. The van der Waals surface area contributed by atoms with E-state index in [1.54, 1.807) is 18.0 Å². The highest BCUT2D eigenvalue weighted by molar-refractivity contribution is 7.99. The minimum Gasteiger partial charge on any atom is -0.396 e. The van der Waals surface area contributed by atoms with Gasteiger partial charge in [0.2, 0.25) is 0 Å². The summed E-state index contributed by atoms with van der Waals surface area (Å²) < 4.78 is 0. The molecule has 1 rings (SSSR count). The van der Waals surface area contributed by atoms with E-state index in [4.69, 9.17) is 5.11 Å². The molecule has 0 saturated heterocycles. The van der Waals surface area contributed by atoms with Crippen LogP contribution in [-0.4, -0.2) is 22.5 Å². The second kappa shape index (κ2) is 6.04. The molecule has 78 valence electrons. The number of aliphatic hydroxyl groups excluding tert-OH is 1. The normalized spacial score (nSPS) is 13.1. The minimum absolute atomic E-state index is 0.261. The Morgan fingerprint density at radius 3 is 2.71 bits per heavy atom. The molecular weight excluding hydrogens is 194 g/mol. The van der Waals surface area contributed by atoms with Crippen LogP contribution in [0.25, 0.3) is 0 Å². The first-order valence-electron chi connectivity index (χ1n) is 4.88. The molecule has 3 heteroatoms. The number of hydrogen-bond acceptors (Lipinski definition) is 3. The molecule has 1 atom stereocenters. The highest BCUT2D eigenvalue weighted by Crippen LogP contribution is 2.21. The number of aromatic nitrogens is 1. The topological polar surface area (TPSA) is 33.1 Å². The maximum absolute atomic E-state index is 9.14. The summed E-state index contributed by atoms with van der Waals surface area (Å²) in [7, 11) is 0. The molecule has 0 aliphatic heterocycles. The lowest BCUT2D eigenvalue weighted by Gasteiger charge is -2.16. The third-order valence-electron chi connectivity index (χ3n) is 2.26. The zero-order valence-electron chi connectivity index (χ0n) is 8.68. The molecule has 1 aromatic rings. The van der Waals surface area contributed by atoms with Crippen LogP contribution in [0.2, 0.25) is 0 Å². The fraction of sp³-hybridized carbons (Fsp3) is 0.545. The van der Waals surface area contributed by atoms with E-state index < -0.39 is 0 Å². The van der Waals surface area contributed by atoms with Crippen molar-refractivity contribution in [3.63, 3.8) is 0 Å². The summed E-state index contributed by atoms with van der Waals surface area (Å²) in [6, 6.07) is 5.90. The lowest BCUT2D eigenvalue weighted by atomic mass is 9.99. The van der Waals surface area contributed by atoms with E-state index in [0.717, 1.165) is 10.8 Å². The molecular formula is C11H17NOS. The molecule has 0 aliphatic rings. The molecule has 0 radical (unpaired) electrons. The fourth-order valence-corrected chi connectivity index (χ4v) is 2.27. The van der Waals surface area contributed by atoms with Gasteiger partial charge in [-0.15, -0.1) is 11.8 Å². The van der Waals surface area contributed by atoms with Crippen molar-refractivity contribution in [2.24, 2.45) is 11.8 Å². The summed E-state index contributed by atoms with van der Waals surface area (Å²) in [6.07, 6.45) is 1.80. The second-order valence-electron chi connectivity index (χ2n) is 3.67. The van der Waals surface area contributed by atoms with Gasteiger partial charge in [-0.2, -0.15) is 0 Å². The third kappa shape index (κ3) is 3.68. The van der Waals surface area contributed by atoms with E-state index in [1.807, 2.05) is 18.2 Å². The minimum atomic E-state index is 0.261. The van der Waals surface area contributed by atoms with Crippen LogP contribution in [0.5, 0.6) is 0 Å². The molecule has 0 bridgehead atoms. The summed E-state index contributed by atoms with van der Waals surface area (Å²) in [4.78, 5) is 4.23. The molecule has 0 fully saturated rings. The predicted octanol–water partition coefficient (Wildman–Crippen LogP) is 2.44. The van der Waals surface area contributed by atoms with E-state index in [9.17, 15) is 0 Å². The predicted molar refractivity (Wildman–Crippen MR) is 60.4 cm³/mol.